The molecule has 3 atom stereocenters. The smallest absolute Gasteiger partial charge is 0.323 e. The van der Waals surface area contributed by atoms with E-state index in [0.717, 1.165) is 32.6 Å². The van der Waals surface area contributed by atoms with Crippen LogP contribution in [0.2, 0.25) is 0 Å². The minimum atomic E-state index is -0.0908. The molecule has 4 nitrogen and oxygen atoms in total. The summed E-state index contributed by atoms with van der Waals surface area (Å²) in [5, 5.41) is 3.18. The summed E-state index contributed by atoms with van der Waals surface area (Å²) in [5.74, 6) is 0.717. The number of hydrogen-bond acceptors (Lipinski definition) is 4. The molecule has 0 bridgehead atoms. The molecule has 1 N–H and O–H groups in total. The van der Waals surface area contributed by atoms with Crippen molar-refractivity contribution in [2.45, 2.75) is 25.8 Å². The molecule has 0 radical (unpaired) electrons. The Hall–Kier alpha value is -0.610. The molecule has 2 saturated heterocycles. The lowest BCUT2D eigenvalue weighted by molar-refractivity contribution is -0.148. The lowest BCUT2D eigenvalue weighted by Crippen LogP contribution is -2.37. The highest BCUT2D eigenvalue weighted by atomic mass is 16.5. The number of nitrogens with one attached hydrogen (secondary N) is 1. The van der Waals surface area contributed by atoms with Crippen molar-refractivity contribution in [2.24, 2.45) is 11.8 Å². The van der Waals surface area contributed by atoms with Crippen molar-refractivity contribution in [1.29, 1.82) is 0 Å². The zero-order valence-corrected chi connectivity index (χ0v) is 9.20. The second kappa shape index (κ2) is 4.94. The van der Waals surface area contributed by atoms with Crippen molar-refractivity contribution < 1.29 is 14.3 Å². The average molecular weight is 213 g/mol. The molecule has 2 fully saturated rings. The third kappa shape index (κ3) is 2.69. The van der Waals surface area contributed by atoms with Gasteiger partial charge >= 0.3 is 5.97 Å². The Labute approximate surface area is 90.3 Å². The number of rotatable bonds is 3. The van der Waals surface area contributed by atoms with E-state index in [1.54, 1.807) is 0 Å². The Bertz CT molecular complexity index is 226. The third-order valence-electron chi connectivity index (χ3n) is 3.27. The summed E-state index contributed by atoms with van der Waals surface area (Å²) >= 11 is 0. The van der Waals surface area contributed by atoms with Crippen LogP contribution in [-0.2, 0) is 14.3 Å². The van der Waals surface area contributed by atoms with Gasteiger partial charge in [0.25, 0.3) is 0 Å². The Morgan fingerprint density at radius 3 is 3.00 bits per heavy atom. The van der Waals surface area contributed by atoms with Crippen molar-refractivity contribution in [1.82, 2.24) is 5.32 Å². The van der Waals surface area contributed by atoms with Crippen LogP contribution in [0.5, 0.6) is 0 Å². The monoisotopic (exact) mass is 213 g/mol. The summed E-state index contributed by atoms with van der Waals surface area (Å²) < 4.78 is 10.5. The van der Waals surface area contributed by atoms with E-state index in [2.05, 4.69) is 12.2 Å². The first-order chi connectivity index (χ1) is 7.27. The topological polar surface area (TPSA) is 47.6 Å². The van der Waals surface area contributed by atoms with Gasteiger partial charge < -0.3 is 14.8 Å². The van der Waals surface area contributed by atoms with E-state index >= 15 is 0 Å². The van der Waals surface area contributed by atoms with Crippen molar-refractivity contribution in [3.8, 4) is 0 Å². The summed E-state index contributed by atoms with van der Waals surface area (Å²) in [7, 11) is 0. The Morgan fingerprint density at radius 2 is 2.40 bits per heavy atom. The van der Waals surface area contributed by atoms with Crippen molar-refractivity contribution >= 4 is 5.97 Å². The van der Waals surface area contributed by atoms with Gasteiger partial charge in [-0.25, -0.2) is 0 Å². The van der Waals surface area contributed by atoms with Gasteiger partial charge in [0.05, 0.1) is 13.2 Å². The third-order valence-corrected chi connectivity index (χ3v) is 3.27. The molecular formula is C11H19NO3. The molecule has 15 heavy (non-hydrogen) atoms. The van der Waals surface area contributed by atoms with Crippen LogP contribution in [-0.4, -0.2) is 38.4 Å². The number of carbonyl (C=O) groups is 1. The van der Waals surface area contributed by atoms with E-state index in [0.29, 0.717) is 18.4 Å². The summed E-state index contributed by atoms with van der Waals surface area (Å²) in [6, 6.07) is -0.0904. The molecule has 86 valence electrons. The zero-order valence-electron chi connectivity index (χ0n) is 9.20. The van der Waals surface area contributed by atoms with E-state index in [1.165, 1.54) is 0 Å². The van der Waals surface area contributed by atoms with Crippen molar-refractivity contribution in [2.75, 3.05) is 26.4 Å². The molecule has 2 heterocycles. The predicted molar refractivity (Wildman–Crippen MR) is 55.5 cm³/mol. The van der Waals surface area contributed by atoms with E-state index in [-0.39, 0.29) is 12.0 Å². The quantitative estimate of drug-likeness (QED) is 0.696. The maximum absolute atomic E-state index is 11.7. The molecule has 2 aliphatic rings. The molecule has 3 unspecified atom stereocenters. The Morgan fingerprint density at radius 1 is 1.53 bits per heavy atom. The highest BCUT2D eigenvalue weighted by molar-refractivity contribution is 5.76. The van der Waals surface area contributed by atoms with Crippen LogP contribution in [0.1, 0.15) is 19.8 Å². The second-order valence-corrected chi connectivity index (χ2v) is 4.56. The molecule has 0 aromatic rings. The fourth-order valence-corrected chi connectivity index (χ4v) is 2.15. The molecule has 0 aliphatic carbocycles. The maximum Gasteiger partial charge on any atom is 0.323 e. The van der Waals surface area contributed by atoms with Gasteiger partial charge in [0.15, 0.2) is 0 Å². The first kappa shape index (κ1) is 10.9. The zero-order chi connectivity index (χ0) is 10.7. The SMILES string of the molecule is CC1CCNC1C(=O)OCC1CCOC1. The summed E-state index contributed by atoms with van der Waals surface area (Å²) in [6.45, 7) is 5.07. The molecule has 0 spiro atoms. The predicted octanol–water partition coefficient (Wildman–Crippen LogP) is 0.564. The van der Waals surface area contributed by atoms with E-state index in [1.807, 2.05) is 0 Å². The molecule has 2 rings (SSSR count). The fourth-order valence-electron chi connectivity index (χ4n) is 2.15. The highest BCUT2D eigenvalue weighted by Crippen LogP contribution is 2.17. The Kier molecular flexibility index (Phi) is 3.59. The summed E-state index contributed by atoms with van der Waals surface area (Å²) in [5.41, 5.74) is 0. The van der Waals surface area contributed by atoms with Gasteiger partial charge in [-0.2, -0.15) is 0 Å². The minimum absolute atomic E-state index is 0.0904. The van der Waals surface area contributed by atoms with Gasteiger partial charge in [0.1, 0.15) is 6.04 Å². The van der Waals surface area contributed by atoms with Crippen LogP contribution in [0.4, 0.5) is 0 Å². The number of esters is 1. The van der Waals surface area contributed by atoms with Crippen LogP contribution < -0.4 is 5.32 Å². The van der Waals surface area contributed by atoms with E-state index in [4.69, 9.17) is 9.47 Å². The van der Waals surface area contributed by atoms with Gasteiger partial charge in [-0.05, 0) is 25.3 Å². The van der Waals surface area contributed by atoms with Crippen LogP contribution in [0.15, 0.2) is 0 Å². The molecule has 0 saturated carbocycles. The standard InChI is InChI=1S/C11H19NO3/c1-8-2-4-12-10(8)11(13)15-7-9-3-5-14-6-9/h8-10,12H,2-7H2,1H3. The first-order valence-corrected chi connectivity index (χ1v) is 5.75. The van der Waals surface area contributed by atoms with Crippen LogP contribution >= 0.6 is 0 Å². The average Bonchev–Trinajstić information content (AvgIpc) is 2.84. The van der Waals surface area contributed by atoms with Gasteiger partial charge in [-0.3, -0.25) is 4.79 Å². The van der Waals surface area contributed by atoms with Crippen molar-refractivity contribution in [3.05, 3.63) is 0 Å². The van der Waals surface area contributed by atoms with Crippen molar-refractivity contribution in [3.63, 3.8) is 0 Å². The largest absolute Gasteiger partial charge is 0.464 e. The van der Waals surface area contributed by atoms with Gasteiger partial charge in [0.2, 0.25) is 0 Å². The van der Waals surface area contributed by atoms with Gasteiger partial charge in [-0.15, -0.1) is 0 Å². The molecule has 4 heteroatoms. The molecule has 0 aromatic heterocycles. The lowest BCUT2D eigenvalue weighted by Gasteiger charge is -2.16. The number of ether oxygens (including phenoxy) is 2. The number of carbonyl (C=O) groups excluding carboxylic acids is 1. The summed E-state index contributed by atoms with van der Waals surface area (Å²) in [6.07, 6.45) is 2.08. The number of hydrogen-bond donors (Lipinski definition) is 1. The van der Waals surface area contributed by atoms with Gasteiger partial charge in [-0.1, -0.05) is 6.92 Å². The van der Waals surface area contributed by atoms with E-state index < -0.39 is 0 Å². The minimum Gasteiger partial charge on any atom is -0.464 e. The van der Waals surface area contributed by atoms with Crippen LogP contribution in [0, 0.1) is 11.8 Å². The van der Waals surface area contributed by atoms with Gasteiger partial charge in [0, 0.05) is 12.5 Å². The normalized spacial score (nSPS) is 35.7. The molecule has 0 aromatic carbocycles. The molecular weight excluding hydrogens is 194 g/mol. The second-order valence-electron chi connectivity index (χ2n) is 4.56. The van der Waals surface area contributed by atoms with Crippen LogP contribution in [0.25, 0.3) is 0 Å². The molecule has 2 aliphatic heterocycles. The van der Waals surface area contributed by atoms with Crippen LogP contribution in [0.3, 0.4) is 0 Å². The Balaban J connectivity index is 1.71. The lowest BCUT2D eigenvalue weighted by atomic mass is 10.0. The van der Waals surface area contributed by atoms with E-state index in [9.17, 15) is 4.79 Å². The highest BCUT2D eigenvalue weighted by Gasteiger charge is 2.31. The first-order valence-electron chi connectivity index (χ1n) is 5.75. The fraction of sp³-hybridized carbons (Fsp3) is 0.909. The maximum atomic E-state index is 11.7. The molecule has 0 amide bonds. The summed E-state index contributed by atoms with van der Waals surface area (Å²) in [4.78, 5) is 11.7.